The number of Topliss-reactive ketones (excluding diaryl/α,β-unsaturated/α-hetero) is 2. The molecule has 2 unspecified atom stereocenters. The number of carbonyl (C=O) groups excluding carboxylic acids is 3. The summed E-state index contributed by atoms with van der Waals surface area (Å²) < 4.78 is 0. The fraction of sp³-hybridized carbons (Fsp3) is 0.417. The van der Waals surface area contributed by atoms with Crippen LogP contribution >= 0.6 is 0 Å². The zero-order chi connectivity index (χ0) is 32.7. The standard InChI is InChI=1S/C36H39N3O7/c1-38(2)30-25-16-19-15-24-23(22-10-9-18(17-39-13-5-6-14-39)20-7-3-4-8-21(20)22)11-12-26(40)28(24)31(41)27(19)33(43)36(25,46)34(44)29(32(30)42)35(37)45/h3-4,7-12,19,25,29-30,32,40-42,46H,5-6,13-17H2,1-2H3,(H2,37,45)/t19-,25-,29?,30-,32?,36-/m1/s1. The Balaban J connectivity index is 1.37. The Kier molecular flexibility index (Phi) is 7.32. The highest BCUT2D eigenvalue weighted by molar-refractivity contribution is 6.25. The summed E-state index contributed by atoms with van der Waals surface area (Å²) in [5.41, 5.74) is 6.33. The van der Waals surface area contributed by atoms with E-state index in [0.717, 1.165) is 41.5 Å². The van der Waals surface area contributed by atoms with Crippen LogP contribution in [0.25, 0.3) is 27.7 Å². The molecule has 0 bridgehead atoms. The number of benzene rings is 3. The monoisotopic (exact) mass is 625 g/mol. The highest BCUT2D eigenvalue weighted by Gasteiger charge is 2.67. The molecule has 0 aromatic heterocycles. The molecule has 6 atom stereocenters. The number of phenolic OH excluding ortho intramolecular Hbond substituents is 1. The van der Waals surface area contributed by atoms with Crippen molar-refractivity contribution in [2.24, 2.45) is 23.5 Å². The second kappa shape index (κ2) is 11.0. The topological polar surface area (TPSA) is 165 Å². The Bertz CT molecular complexity index is 1830. The van der Waals surface area contributed by atoms with Gasteiger partial charge in [-0.15, -0.1) is 0 Å². The van der Waals surface area contributed by atoms with Crippen LogP contribution in [-0.4, -0.2) is 92.6 Å². The number of aliphatic hydroxyl groups is 3. The lowest BCUT2D eigenvalue weighted by Gasteiger charge is -2.53. The number of aliphatic hydroxyl groups excluding tert-OH is 2. The molecule has 3 aliphatic carbocycles. The van der Waals surface area contributed by atoms with Gasteiger partial charge >= 0.3 is 0 Å². The third kappa shape index (κ3) is 4.35. The van der Waals surface area contributed by atoms with E-state index in [0.29, 0.717) is 5.56 Å². The van der Waals surface area contributed by atoms with Crippen LogP contribution in [-0.2, 0) is 27.3 Å². The van der Waals surface area contributed by atoms with Gasteiger partial charge in [0.1, 0.15) is 17.4 Å². The first kappa shape index (κ1) is 30.6. The van der Waals surface area contributed by atoms with E-state index in [4.69, 9.17) is 5.73 Å². The molecular formula is C36H39N3O7. The third-order valence-electron chi connectivity index (χ3n) is 10.9. The number of fused-ring (bicyclic) bond motifs is 4. The van der Waals surface area contributed by atoms with Crippen LogP contribution in [0.3, 0.4) is 0 Å². The minimum absolute atomic E-state index is 0.0722. The number of amides is 1. The van der Waals surface area contributed by atoms with Crippen LogP contribution in [0.1, 0.15) is 36.0 Å². The van der Waals surface area contributed by atoms with Crippen LogP contribution in [0.2, 0.25) is 0 Å². The summed E-state index contributed by atoms with van der Waals surface area (Å²) in [7, 11) is 3.28. The van der Waals surface area contributed by atoms with Gasteiger partial charge in [0.15, 0.2) is 11.4 Å². The molecule has 0 radical (unpaired) electrons. The van der Waals surface area contributed by atoms with E-state index in [1.807, 2.05) is 18.2 Å². The summed E-state index contributed by atoms with van der Waals surface area (Å²) in [6.07, 6.45) is 1.18. The number of likely N-dealkylation sites (N-methyl/N-ethyl adjacent to an activating group) is 1. The number of hydrogen-bond donors (Lipinski definition) is 5. The molecule has 240 valence electrons. The zero-order valence-corrected chi connectivity index (χ0v) is 25.9. The smallest absolute Gasteiger partial charge is 0.230 e. The highest BCUT2D eigenvalue weighted by atomic mass is 16.3. The van der Waals surface area contributed by atoms with Crippen molar-refractivity contribution in [2.45, 2.75) is 50.0 Å². The Morgan fingerprint density at radius 1 is 1.00 bits per heavy atom. The van der Waals surface area contributed by atoms with Crippen molar-refractivity contribution in [3.8, 4) is 16.9 Å². The Labute approximate surface area is 266 Å². The summed E-state index contributed by atoms with van der Waals surface area (Å²) in [4.78, 5) is 44.1. The number of nitrogens with two attached hydrogens (primary N) is 1. The molecule has 10 heteroatoms. The maximum Gasteiger partial charge on any atom is 0.230 e. The molecule has 1 saturated heterocycles. The van der Waals surface area contributed by atoms with E-state index < -0.39 is 58.7 Å². The number of ketones is 2. The molecule has 10 nitrogen and oxygen atoms in total. The van der Waals surface area contributed by atoms with Gasteiger partial charge in [0.25, 0.3) is 0 Å². The van der Waals surface area contributed by atoms with Crippen LogP contribution in [0.4, 0.5) is 0 Å². The molecule has 0 spiro atoms. The van der Waals surface area contributed by atoms with Crippen molar-refractivity contribution in [3.05, 3.63) is 70.8 Å². The molecule has 4 aliphatic rings. The van der Waals surface area contributed by atoms with Gasteiger partial charge in [-0.3, -0.25) is 19.3 Å². The molecule has 46 heavy (non-hydrogen) atoms. The number of carbonyl (C=O) groups is 3. The molecule has 3 aromatic carbocycles. The van der Waals surface area contributed by atoms with Gasteiger partial charge in [-0.25, -0.2) is 0 Å². The summed E-state index contributed by atoms with van der Waals surface area (Å²) in [5.74, 6) is -7.54. The second-order valence-electron chi connectivity index (χ2n) is 13.6. The number of likely N-dealkylation sites (tertiary alicyclic amines) is 1. The first-order valence-electron chi connectivity index (χ1n) is 15.9. The lowest BCUT2D eigenvalue weighted by atomic mass is 9.54. The van der Waals surface area contributed by atoms with Gasteiger partial charge in [0.2, 0.25) is 11.7 Å². The van der Waals surface area contributed by atoms with E-state index in [-0.39, 0.29) is 29.7 Å². The minimum Gasteiger partial charge on any atom is -0.507 e. The maximum atomic E-state index is 14.2. The van der Waals surface area contributed by atoms with Gasteiger partial charge in [-0.1, -0.05) is 42.5 Å². The molecule has 3 fully saturated rings. The lowest BCUT2D eigenvalue weighted by molar-refractivity contribution is -0.184. The van der Waals surface area contributed by atoms with E-state index in [1.54, 1.807) is 19.0 Å². The Morgan fingerprint density at radius 2 is 1.67 bits per heavy atom. The van der Waals surface area contributed by atoms with Gasteiger partial charge in [-0.05, 0) is 97.9 Å². The van der Waals surface area contributed by atoms with Crippen LogP contribution in [0.15, 0.2) is 54.1 Å². The van der Waals surface area contributed by atoms with E-state index >= 15 is 0 Å². The summed E-state index contributed by atoms with van der Waals surface area (Å²) in [5, 5.41) is 47.9. The summed E-state index contributed by atoms with van der Waals surface area (Å²) in [6.45, 7) is 3.00. The predicted molar refractivity (Wildman–Crippen MR) is 172 cm³/mol. The van der Waals surface area contributed by atoms with Crippen molar-refractivity contribution < 1.29 is 34.8 Å². The average molecular weight is 626 g/mol. The molecular weight excluding hydrogens is 586 g/mol. The number of nitrogens with zero attached hydrogens (tertiary/aromatic N) is 2. The van der Waals surface area contributed by atoms with Crippen molar-refractivity contribution >= 4 is 34.0 Å². The van der Waals surface area contributed by atoms with Gasteiger partial charge in [0.05, 0.1) is 11.7 Å². The number of rotatable bonds is 5. The van der Waals surface area contributed by atoms with Crippen LogP contribution in [0.5, 0.6) is 5.75 Å². The normalized spacial score (nSPS) is 29.6. The molecule has 2 saturated carbocycles. The molecule has 7 rings (SSSR count). The first-order valence-corrected chi connectivity index (χ1v) is 15.9. The minimum atomic E-state index is -2.68. The molecule has 1 aliphatic heterocycles. The van der Waals surface area contributed by atoms with Crippen molar-refractivity contribution in [2.75, 3.05) is 27.2 Å². The van der Waals surface area contributed by atoms with Crippen molar-refractivity contribution in [1.29, 1.82) is 0 Å². The van der Waals surface area contributed by atoms with E-state index in [9.17, 15) is 34.8 Å². The Hall–Kier alpha value is -4.09. The highest BCUT2D eigenvalue weighted by Crippen LogP contribution is 2.53. The van der Waals surface area contributed by atoms with Crippen molar-refractivity contribution in [1.82, 2.24) is 9.80 Å². The van der Waals surface area contributed by atoms with E-state index in [2.05, 4.69) is 29.2 Å². The predicted octanol–water partition coefficient (Wildman–Crippen LogP) is 2.55. The van der Waals surface area contributed by atoms with E-state index in [1.165, 1.54) is 24.5 Å². The SMILES string of the molecule is CN(C)[C@H]1C(O)C(C(N)=O)C(=O)[C@]2(O)C(=O)C3=C(O)c4c(O)ccc(-c5ccc(CN6CCCC6)c6ccccc56)c4C[C@@H]3C[C@H]12. The molecule has 1 heterocycles. The lowest BCUT2D eigenvalue weighted by Crippen LogP contribution is -2.73. The molecule has 3 aromatic rings. The quantitative estimate of drug-likeness (QED) is 0.268. The zero-order valence-electron chi connectivity index (χ0n) is 25.9. The average Bonchev–Trinajstić information content (AvgIpc) is 3.52. The molecule has 6 N–H and O–H groups in total. The number of aromatic hydroxyl groups is 1. The fourth-order valence-electron chi connectivity index (χ4n) is 8.77. The summed E-state index contributed by atoms with van der Waals surface area (Å²) >= 11 is 0. The third-order valence-corrected chi connectivity index (χ3v) is 10.9. The fourth-order valence-corrected chi connectivity index (χ4v) is 8.77. The first-order chi connectivity index (χ1) is 21.9. The number of primary amides is 1. The number of hydrogen-bond acceptors (Lipinski definition) is 9. The maximum absolute atomic E-state index is 14.2. The van der Waals surface area contributed by atoms with Gasteiger partial charge in [0, 0.05) is 24.1 Å². The van der Waals surface area contributed by atoms with Crippen LogP contribution < -0.4 is 5.73 Å². The second-order valence-corrected chi connectivity index (χ2v) is 13.6. The Morgan fingerprint density at radius 3 is 2.35 bits per heavy atom. The largest absolute Gasteiger partial charge is 0.507 e. The molecule has 1 amide bonds. The van der Waals surface area contributed by atoms with Crippen molar-refractivity contribution in [3.63, 3.8) is 0 Å². The number of phenols is 1. The van der Waals surface area contributed by atoms with Crippen LogP contribution in [0, 0.1) is 17.8 Å². The van der Waals surface area contributed by atoms with Gasteiger partial charge in [-0.2, -0.15) is 0 Å². The van der Waals surface area contributed by atoms with Gasteiger partial charge < -0.3 is 31.1 Å². The summed E-state index contributed by atoms with van der Waals surface area (Å²) in [6, 6.07) is 14.8.